The molecule has 0 spiro atoms. The van der Waals surface area contributed by atoms with Crippen molar-refractivity contribution in [3.05, 3.63) is 23.9 Å². The van der Waals surface area contributed by atoms with Gasteiger partial charge in [-0.05, 0) is 42.4 Å². The van der Waals surface area contributed by atoms with Gasteiger partial charge in [-0.25, -0.2) is 4.98 Å². The van der Waals surface area contributed by atoms with Crippen molar-refractivity contribution in [1.82, 2.24) is 10.3 Å². The summed E-state index contributed by atoms with van der Waals surface area (Å²) in [6, 6.07) is 3.72. The van der Waals surface area contributed by atoms with Crippen molar-refractivity contribution in [3.8, 4) is 0 Å². The minimum Gasteiger partial charge on any atom is -0.384 e. The highest BCUT2D eigenvalue weighted by Crippen LogP contribution is 2.36. The third kappa shape index (κ3) is 16.6. The third-order valence-electron chi connectivity index (χ3n) is 3.26. The standard InChI is InChI=1S/C11H23NO2S.C6H8N2.2C2H6/c1-10(2,8-15-14-6)7-11(3,4)9(13)12-5;1-5-2-3-6(7)8-4-5;2*1-2/h7-8H2,1-6H3,(H,12,13);2-4H,1H3,(H2,7,8);2*1-2H3. The van der Waals surface area contributed by atoms with E-state index in [1.165, 1.54) is 12.0 Å². The van der Waals surface area contributed by atoms with Gasteiger partial charge in [0.25, 0.3) is 0 Å². The van der Waals surface area contributed by atoms with E-state index < -0.39 is 0 Å². The number of hydrogen-bond donors (Lipinski definition) is 2. The quantitative estimate of drug-likeness (QED) is 0.616. The molecule has 6 heteroatoms. The number of aryl methyl sites for hydroxylation is 1. The highest BCUT2D eigenvalue weighted by Gasteiger charge is 2.34. The van der Waals surface area contributed by atoms with Crippen LogP contribution in [0.25, 0.3) is 0 Å². The fourth-order valence-corrected chi connectivity index (χ4v) is 2.90. The van der Waals surface area contributed by atoms with Gasteiger partial charge in [-0.2, -0.15) is 0 Å². The number of nitrogen functional groups attached to an aromatic ring is 1. The molecule has 0 aromatic carbocycles. The minimum atomic E-state index is -0.327. The molecule has 0 atom stereocenters. The summed E-state index contributed by atoms with van der Waals surface area (Å²) in [5.41, 5.74) is 6.22. The average molecular weight is 402 g/mol. The van der Waals surface area contributed by atoms with Crippen LogP contribution >= 0.6 is 12.0 Å². The Morgan fingerprint density at radius 1 is 1.19 bits per heavy atom. The number of amides is 1. The van der Waals surface area contributed by atoms with Crippen LogP contribution in [-0.2, 0) is 8.98 Å². The van der Waals surface area contributed by atoms with Crippen LogP contribution < -0.4 is 11.1 Å². The Hall–Kier alpha value is -1.27. The molecule has 0 saturated heterocycles. The molecule has 27 heavy (non-hydrogen) atoms. The Morgan fingerprint density at radius 3 is 2.04 bits per heavy atom. The van der Waals surface area contributed by atoms with Gasteiger partial charge in [0.1, 0.15) is 5.82 Å². The van der Waals surface area contributed by atoms with Gasteiger partial charge in [0, 0.05) is 24.4 Å². The number of nitrogens with two attached hydrogens (primary N) is 1. The maximum Gasteiger partial charge on any atom is 0.225 e. The van der Waals surface area contributed by atoms with Gasteiger partial charge in [0.05, 0.1) is 7.11 Å². The lowest BCUT2D eigenvalue weighted by atomic mass is 9.75. The first-order valence-corrected chi connectivity index (χ1v) is 10.5. The van der Waals surface area contributed by atoms with E-state index in [2.05, 4.69) is 24.1 Å². The fraction of sp³-hybridized carbons (Fsp3) is 0.714. The van der Waals surface area contributed by atoms with Gasteiger partial charge >= 0.3 is 0 Å². The number of carbonyl (C=O) groups excluding carboxylic acids is 1. The summed E-state index contributed by atoms with van der Waals surface area (Å²) in [7, 11) is 3.35. The monoisotopic (exact) mass is 401 g/mol. The van der Waals surface area contributed by atoms with Crippen LogP contribution in [0.5, 0.6) is 0 Å². The van der Waals surface area contributed by atoms with Crippen LogP contribution in [0.1, 0.15) is 67.4 Å². The highest BCUT2D eigenvalue weighted by molar-refractivity contribution is 7.94. The molecule has 0 aliphatic heterocycles. The van der Waals surface area contributed by atoms with Gasteiger partial charge in [-0.1, -0.05) is 61.5 Å². The molecule has 0 radical (unpaired) electrons. The zero-order chi connectivity index (χ0) is 22.1. The van der Waals surface area contributed by atoms with Crippen molar-refractivity contribution in [2.45, 2.75) is 68.7 Å². The first-order chi connectivity index (χ1) is 12.5. The second-order valence-electron chi connectivity index (χ2n) is 6.99. The normalized spacial score (nSPS) is 10.2. The number of aromatic nitrogens is 1. The molecule has 0 bridgehead atoms. The van der Waals surface area contributed by atoms with Crippen molar-refractivity contribution in [3.63, 3.8) is 0 Å². The number of pyridine rings is 1. The molecule has 160 valence electrons. The second-order valence-corrected chi connectivity index (χ2v) is 7.85. The van der Waals surface area contributed by atoms with Gasteiger partial charge in [-0.3, -0.25) is 4.79 Å². The largest absolute Gasteiger partial charge is 0.384 e. The molecule has 0 unspecified atom stereocenters. The molecule has 1 amide bonds. The third-order valence-corrected chi connectivity index (χ3v) is 4.40. The summed E-state index contributed by atoms with van der Waals surface area (Å²) in [6.45, 7) is 18.2. The van der Waals surface area contributed by atoms with E-state index in [0.29, 0.717) is 5.82 Å². The predicted molar refractivity (Wildman–Crippen MR) is 122 cm³/mol. The van der Waals surface area contributed by atoms with E-state index in [0.717, 1.165) is 17.7 Å². The van der Waals surface area contributed by atoms with Crippen LogP contribution in [0.4, 0.5) is 5.82 Å². The van der Waals surface area contributed by atoms with E-state index in [4.69, 9.17) is 9.92 Å². The predicted octanol–water partition coefficient (Wildman–Crippen LogP) is 5.49. The molecule has 3 N–H and O–H groups in total. The fourth-order valence-electron chi connectivity index (χ4n) is 2.36. The van der Waals surface area contributed by atoms with Crippen molar-refractivity contribution >= 4 is 23.8 Å². The summed E-state index contributed by atoms with van der Waals surface area (Å²) < 4.78 is 5.00. The smallest absolute Gasteiger partial charge is 0.225 e. The Kier molecular flexibility index (Phi) is 19.0. The zero-order valence-electron chi connectivity index (χ0n) is 19.4. The molecule has 5 nitrogen and oxygen atoms in total. The van der Waals surface area contributed by atoms with Crippen LogP contribution in [0.2, 0.25) is 0 Å². The van der Waals surface area contributed by atoms with Crippen LogP contribution in [-0.4, -0.2) is 30.8 Å². The maximum atomic E-state index is 11.6. The lowest BCUT2D eigenvalue weighted by Gasteiger charge is -2.33. The minimum absolute atomic E-state index is 0.0939. The number of carbonyl (C=O) groups is 1. The van der Waals surface area contributed by atoms with Crippen LogP contribution in [0.15, 0.2) is 18.3 Å². The lowest BCUT2D eigenvalue weighted by Crippen LogP contribution is -2.38. The van der Waals surface area contributed by atoms with E-state index >= 15 is 0 Å². The summed E-state index contributed by atoms with van der Waals surface area (Å²) in [6.07, 6.45) is 2.59. The number of anilines is 1. The zero-order valence-corrected chi connectivity index (χ0v) is 20.2. The van der Waals surface area contributed by atoms with E-state index in [1.807, 2.05) is 54.5 Å². The van der Waals surface area contributed by atoms with Crippen LogP contribution in [0.3, 0.4) is 0 Å². The lowest BCUT2D eigenvalue weighted by molar-refractivity contribution is -0.130. The van der Waals surface area contributed by atoms with E-state index in [1.54, 1.807) is 26.4 Å². The van der Waals surface area contributed by atoms with Gasteiger partial charge in [0.15, 0.2) is 0 Å². The summed E-state index contributed by atoms with van der Waals surface area (Å²) in [4.78, 5) is 15.5. The number of rotatable bonds is 6. The molecule has 1 heterocycles. The maximum absolute atomic E-state index is 11.6. The number of nitrogens with one attached hydrogen (secondary N) is 1. The first-order valence-electron chi connectivity index (χ1n) is 9.60. The molecule has 0 saturated carbocycles. The molecule has 0 aliphatic carbocycles. The van der Waals surface area contributed by atoms with Crippen molar-refractivity contribution in [2.24, 2.45) is 10.8 Å². The molecule has 1 aromatic heterocycles. The summed E-state index contributed by atoms with van der Waals surface area (Å²) in [5.74, 6) is 1.57. The molecule has 0 fully saturated rings. The Bertz CT molecular complexity index is 454. The van der Waals surface area contributed by atoms with Gasteiger partial charge in [-0.15, -0.1) is 0 Å². The Morgan fingerprint density at radius 2 is 1.70 bits per heavy atom. The number of nitrogens with zero attached hydrogens (tertiary/aromatic N) is 1. The Balaban J connectivity index is -0.000000400. The molecule has 1 aromatic rings. The molecular formula is C21H43N3O2S. The van der Waals surface area contributed by atoms with Crippen molar-refractivity contribution in [2.75, 3.05) is 25.6 Å². The van der Waals surface area contributed by atoms with Crippen molar-refractivity contribution in [1.29, 1.82) is 0 Å². The first kappa shape index (κ1) is 30.5. The molecule has 1 rings (SSSR count). The second kappa shape index (κ2) is 16.9. The molecule has 0 aliphatic rings. The summed E-state index contributed by atoms with van der Waals surface area (Å²) >= 11 is 1.44. The Labute approximate surface area is 172 Å². The average Bonchev–Trinajstić information content (AvgIpc) is 2.64. The SMILES string of the molecule is CC.CC.CNC(=O)C(C)(C)CC(C)(C)CSOC.Cc1ccc(N)nc1. The van der Waals surface area contributed by atoms with Crippen molar-refractivity contribution < 1.29 is 8.98 Å². The number of hydrogen-bond acceptors (Lipinski definition) is 5. The molecular weight excluding hydrogens is 358 g/mol. The van der Waals surface area contributed by atoms with Gasteiger partial charge in [0.2, 0.25) is 5.91 Å². The van der Waals surface area contributed by atoms with E-state index in [-0.39, 0.29) is 16.7 Å². The highest BCUT2D eigenvalue weighted by atomic mass is 32.2. The van der Waals surface area contributed by atoms with E-state index in [9.17, 15) is 4.79 Å². The van der Waals surface area contributed by atoms with Crippen LogP contribution in [0, 0.1) is 17.8 Å². The summed E-state index contributed by atoms with van der Waals surface area (Å²) in [5, 5.41) is 2.71. The van der Waals surface area contributed by atoms with Gasteiger partial charge < -0.3 is 15.2 Å². The topological polar surface area (TPSA) is 77.2 Å².